The first kappa shape index (κ1) is 16.6. The maximum Gasteiger partial charge on any atom is 0.439 e. The summed E-state index contributed by atoms with van der Waals surface area (Å²) in [5.41, 5.74) is 2.44. The van der Waals surface area contributed by atoms with Gasteiger partial charge in [0.15, 0.2) is 11.5 Å². The van der Waals surface area contributed by atoms with E-state index in [0.29, 0.717) is 17.8 Å². The van der Waals surface area contributed by atoms with Crippen molar-refractivity contribution in [3.05, 3.63) is 63.7 Å². The fraction of sp³-hybridized carbons (Fsp3) is 0.176. The Morgan fingerprint density at radius 1 is 1.22 bits per heavy atom. The number of carboxylic acids is 1. The summed E-state index contributed by atoms with van der Waals surface area (Å²) in [6.45, 7) is 0. The Bertz CT molecular complexity index is 1100. The van der Waals surface area contributed by atoms with Gasteiger partial charge in [-0.3, -0.25) is 14.3 Å². The third kappa shape index (κ3) is 3.19. The molecule has 1 amide bonds. The minimum atomic E-state index is -1.23. The second-order valence-corrected chi connectivity index (χ2v) is 6.02. The van der Waals surface area contributed by atoms with Gasteiger partial charge in [0.2, 0.25) is 0 Å². The number of H-pyrrole nitrogens is 1. The van der Waals surface area contributed by atoms with Crippen molar-refractivity contribution in [2.24, 2.45) is 0 Å². The number of nitrogens with one attached hydrogen (secondary N) is 2. The van der Waals surface area contributed by atoms with Crippen molar-refractivity contribution < 1.29 is 19.2 Å². The van der Waals surface area contributed by atoms with Gasteiger partial charge >= 0.3 is 11.7 Å². The molecule has 1 aromatic carbocycles. The van der Waals surface area contributed by atoms with Gasteiger partial charge in [-0.15, -0.1) is 0 Å². The molecule has 0 saturated heterocycles. The number of amides is 1. The quantitative estimate of drug-likeness (QED) is 0.616. The van der Waals surface area contributed by atoms with Crippen molar-refractivity contribution >= 4 is 11.9 Å². The molecular formula is C17H13N5O5. The van der Waals surface area contributed by atoms with Gasteiger partial charge in [-0.1, -0.05) is 17.3 Å². The van der Waals surface area contributed by atoms with Crippen LogP contribution in [0.4, 0.5) is 0 Å². The molecular weight excluding hydrogens is 354 g/mol. The summed E-state index contributed by atoms with van der Waals surface area (Å²) < 4.78 is 4.52. The van der Waals surface area contributed by atoms with Gasteiger partial charge in [-0.2, -0.15) is 0 Å². The second kappa shape index (κ2) is 6.48. The second-order valence-electron chi connectivity index (χ2n) is 6.02. The molecule has 27 heavy (non-hydrogen) atoms. The molecule has 2 heterocycles. The molecule has 3 aromatic rings. The highest BCUT2D eigenvalue weighted by atomic mass is 16.5. The van der Waals surface area contributed by atoms with Crippen molar-refractivity contribution in [2.45, 2.75) is 18.9 Å². The molecule has 0 bridgehead atoms. The van der Waals surface area contributed by atoms with E-state index in [-0.39, 0.29) is 17.4 Å². The molecule has 4 rings (SSSR count). The molecule has 1 aliphatic carbocycles. The van der Waals surface area contributed by atoms with Crippen LogP contribution in [0, 0.1) is 0 Å². The van der Waals surface area contributed by atoms with E-state index in [1.165, 1.54) is 0 Å². The van der Waals surface area contributed by atoms with Crippen molar-refractivity contribution in [3.63, 3.8) is 0 Å². The predicted octanol–water partition coefficient (Wildman–Crippen LogP) is 0.935. The Morgan fingerprint density at radius 2 is 2.04 bits per heavy atom. The number of carbonyl (C=O) groups is 2. The fourth-order valence-electron chi connectivity index (χ4n) is 3.10. The SMILES string of the molecule is O=C(O)c1cc(C(=O)N[C@H]2CCc3cc(-c4noc(=O)[nH]4)ccc32)ncn1. The number of aryl methyl sites for hydroxylation is 1. The van der Waals surface area contributed by atoms with Gasteiger partial charge in [-0.25, -0.2) is 19.6 Å². The number of benzene rings is 1. The Labute approximate surface area is 151 Å². The predicted molar refractivity (Wildman–Crippen MR) is 90.1 cm³/mol. The number of hydrogen-bond donors (Lipinski definition) is 3. The van der Waals surface area contributed by atoms with Crippen molar-refractivity contribution in [1.82, 2.24) is 25.4 Å². The molecule has 1 atom stereocenters. The molecule has 0 aliphatic heterocycles. The Balaban J connectivity index is 1.54. The van der Waals surface area contributed by atoms with Crippen molar-refractivity contribution in [2.75, 3.05) is 0 Å². The van der Waals surface area contributed by atoms with Gasteiger partial charge < -0.3 is 10.4 Å². The number of nitrogens with zero attached hydrogens (tertiary/aromatic N) is 3. The Hall–Kier alpha value is -3.82. The number of aromatic amines is 1. The van der Waals surface area contributed by atoms with Gasteiger partial charge in [0, 0.05) is 11.6 Å². The Kier molecular flexibility index (Phi) is 3.99. The smallest absolute Gasteiger partial charge is 0.439 e. The van der Waals surface area contributed by atoms with Crippen LogP contribution in [-0.4, -0.2) is 37.1 Å². The number of aromatic nitrogens is 4. The lowest BCUT2D eigenvalue weighted by molar-refractivity contribution is 0.0690. The molecule has 2 aromatic heterocycles. The third-order valence-electron chi connectivity index (χ3n) is 4.36. The normalized spacial score (nSPS) is 15.3. The summed E-state index contributed by atoms with van der Waals surface area (Å²) in [5, 5.41) is 15.5. The maximum absolute atomic E-state index is 12.4. The summed E-state index contributed by atoms with van der Waals surface area (Å²) in [5.74, 6) is -1.97. The number of carboxylic acid groups (broad SMARTS) is 1. The number of fused-ring (bicyclic) bond motifs is 1. The molecule has 10 nitrogen and oxygen atoms in total. The van der Waals surface area contributed by atoms with Crippen molar-refractivity contribution in [1.29, 1.82) is 0 Å². The van der Waals surface area contributed by atoms with Crippen LogP contribution in [0.1, 0.15) is 44.6 Å². The van der Waals surface area contributed by atoms with Crippen LogP contribution in [-0.2, 0) is 6.42 Å². The summed E-state index contributed by atoms with van der Waals surface area (Å²) >= 11 is 0. The third-order valence-corrected chi connectivity index (χ3v) is 4.36. The highest BCUT2D eigenvalue weighted by Gasteiger charge is 2.26. The zero-order valence-electron chi connectivity index (χ0n) is 13.8. The first-order chi connectivity index (χ1) is 13.0. The number of carbonyl (C=O) groups excluding carboxylic acids is 1. The van der Waals surface area contributed by atoms with Crippen LogP contribution >= 0.6 is 0 Å². The van der Waals surface area contributed by atoms with Gasteiger partial charge in [0.25, 0.3) is 5.91 Å². The monoisotopic (exact) mass is 367 g/mol. The van der Waals surface area contributed by atoms with E-state index in [1.54, 1.807) is 6.07 Å². The first-order valence-corrected chi connectivity index (χ1v) is 8.06. The molecule has 3 N–H and O–H groups in total. The van der Waals surface area contributed by atoms with Crippen LogP contribution in [0.3, 0.4) is 0 Å². The van der Waals surface area contributed by atoms with Crippen LogP contribution in [0.5, 0.6) is 0 Å². The largest absolute Gasteiger partial charge is 0.477 e. The molecule has 1 aliphatic rings. The lowest BCUT2D eigenvalue weighted by Gasteiger charge is -2.14. The molecule has 0 spiro atoms. The zero-order valence-corrected chi connectivity index (χ0v) is 13.8. The van der Waals surface area contributed by atoms with E-state index in [1.807, 2.05) is 12.1 Å². The van der Waals surface area contributed by atoms with E-state index in [0.717, 1.165) is 29.9 Å². The van der Waals surface area contributed by atoms with E-state index in [2.05, 4.69) is 29.9 Å². The zero-order chi connectivity index (χ0) is 19.0. The van der Waals surface area contributed by atoms with E-state index in [4.69, 9.17) is 5.11 Å². The molecule has 0 fully saturated rings. The lowest BCUT2D eigenvalue weighted by Crippen LogP contribution is -2.28. The summed E-state index contributed by atoms with van der Waals surface area (Å²) in [4.78, 5) is 44.4. The van der Waals surface area contributed by atoms with E-state index >= 15 is 0 Å². The summed E-state index contributed by atoms with van der Waals surface area (Å²) in [6.07, 6.45) is 2.48. The molecule has 10 heteroatoms. The summed E-state index contributed by atoms with van der Waals surface area (Å²) in [7, 11) is 0. The summed E-state index contributed by atoms with van der Waals surface area (Å²) in [6, 6.07) is 6.45. The standard InChI is InChI=1S/C17H13N5O5/c23-15(12-6-13(16(24)25)19-7-18-12)20-11-4-2-8-5-9(1-3-10(8)11)14-21-17(26)27-22-14/h1,3,5-7,11H,2,4H2,(H,20,23)(H,24,25)(H,21,22,26)/t11-/m0/s1. The van der Waals surface area contributed by atoms with Crippen LogP contribution in [0.25, 0.3) is 11.4 Å². The topological polar surface area (TPSA) is 151 Å². The van der Waals surface area contributed by atoms with Crippen LogP contribution < -0.4 is 11.1 Å². The minimum absolute atomic E-state index is 0.00681. The fourth-order valence-corrected chi connectivity index (χ4v) is 3.10. The molecule has 0 unspecified atom stereocenters. The maximum atomic E-state index is 12.4. The van der Waals surface area contributed by atoms with E-state index < -0.39 is 17.6 Å². The van der Waals surface area contributed by atoms with Gasteiger partial charge in [0.1, 0.15) is 12.0 Å². The number of hydrogen-bond acceptors (Lipinski definition) is 7. The molecule has 136 valence electrons. The molecule has 0 radical (unpaired) electrons. The minimum Gasteiger partial charge on any atom is -0.477 e. The van der Waals surface area contributed by atoms with Crippen LogP contribution in [0.15, 0.2) is 39.9 Å². The lowest BCUT2D eigenvalue weighted by atomic mass is 10.0. The average molecular weight is 367 g/mol. The number of rotatable bonds is 4. The van der Waals surface area contributed by atoms with Crippen molar-refractivity contribution in [3.8, 4) is 11.4 Å². The van der Waals surface area contributed by atoms with Crippen LogP contribution in [0.2, 0.25) is 0 Å². The first-order valence-electron chi connectivity index (χ1n) is 8.06. The highest BCUT2D eigenvalue weighted by Crippen LogP contribution is 2.33. The van der Waals surface area contributed by atoms with Gasteiger partial charge in [-0.05, 0) is 30.0 Å². The number of aromatic carboxylic acids is 1. The highest BCUT2D eigenvalue weighted by molar-refractivity contribution is 5.95. The molecule has 0 saturated carbocycles. The Morgan fingerprint density at radius 3 is 2.78 bits per heavy atom. The van der Waals surface area contributed by atoms with E-state index in [9.17, 15) is 14.4 Å². The van der Waals surface area contributed by atoms with Gasteiger partial charge in [0.05, 0.1) is 6.04 Å². The average Bonchev–Trinajstić information content (AvgIpc) is 3.28.